The number of carbonyl (C=O) groups is 1. The van der Waals surface area contributed by atoms with Crippen molar-refractivity contribution in [3.05, 3.63) is 52.1 Å². The quantitative estimate of drug-likeness (QED) is 0.454. The number of nitrogens with one attached hydrogen (secondary N) is 1. The standard InChI is InChI=1S/C17H13BrN4OS.C2H6/c1-9-3-8-12-13-14(24-17(12)19-9)15(21-22(13)2)20-16(23)10-4-6-11(18)7-5-10;1-2/h3-8H,1-2H3,(H,20,21,23);1-2H3. The molecule has 0 aliphatic heterocycles. The summed E-state index contributed by atoms with van der Waals surface area (Å²) >= 11 is 4.92. The van der Waals surface area contributed by atoms with Gasteiger partial charge < -0.3 is 5.32 Å². The van der Waals surface area contributed by atoms with E-state index in [-0.39, 0.29) is 5.91 Å². The van der Waals surface area contributed by atoms with E-state index in [0.29, 0.717) is 11.4 Å². The Hall–Kier alpha value is -2.25. The molecule has 1 N–H and O–H groups in total. The zero-order chi connectivity index (χ0) is 18.8. The van der Waals surface area contributed by atoms with Gasteiger partial charge in [0.25, 0.3) is 5.91 Å². The van der Waals surface area contributed by atoms with Crippen LogP contribution >= 0.6 is 27.3 Å². The van der Waals surface area contributed by atoms with E-state index in [1.807, 2.05) is 46.0 Å². The fourth-order valence-electron chi connectivity index (χ4n) is 2.65. The summed E-state index contributed by atoms with van der Waals surface area (Å²) in [5, 5.41) is 8.43. The Morgan fingerprint density at radius 1 is 1.15 bits per heavy atom. The first kappa shape index (κ1) is 18.5. The summed E-state index contributed by atoms with van der Waals surface area (Å²) < 4.78 is 3.67. The monoisotopic (exact) mass is 430 g/mol. The SMILES string of the molecule is CC.Cc1ccc2c(n1)sc1c(NC(=O)c3ccc(Br)cc3)nn(C)c12. The predicted octanol–water partition coefficient (Wildman–Crippen LogP) is 5.53. The molecular weight excluding hydrogens is 412 g/mol. The van der Waals surface area contributed by atoms with Crippen LogP contribution in [0.2, 0.25) is 0 Å². The van der Waals surface area contributed by atoms with Crippen LogP contribution in [-0.2, 0) is 7.05 Å². The molecule has 1 aromatic carbocycles. The van der Waals surface area contributed by atoms with Crippen LogP contribution in [0, 0.1) is 6.92 Å². The van der Waals surface area contributed by atoms with Gasteiger partial charge in [0.05, 0.1) is 10.2 Å². The second kappa shape index (κ2) is 7.55. The molecule has 0 bridgehead atoms. The Labute approximate surface area is 164 Å². The van der Waals surface area contributed by atoms with Gasteiger partial charge in [0.15, 0.2) is 5.82 Å². The zero-order valence-corrected chi connectivity index (χ0v) is 17.4. The molecule has 0 fully saturated rings. The van der Waals surface area contributed by atoms with Crippen molar-refractivity contribution in [2.45, 2.75) is 20.8 Å². The number of anilines is 1. The average molecular weight is 431 g/mol. The number of amides is 1. The Morgan fingerprint density at radius 3 is 2.54 bits per heavy atom. The third-order valence-electron chi connectivity index (χ3n) is 3.80. The van der Waals surface area contributed by atoms with Gasteiger partial charge in [-0.25, -0.2) is 4.98 Å². The maximum absolute atomic E-state index is 12.5. The molecule has 5 nitrogen and oxygen atoms in total. The van der Waals surface area contributed by atoms with Crippen molar-refractivity contribution in [3.63, 3.8) is 0 Å². The molecule has 26 heavy (non-hydrogen) atoms. The number of pyridine rings is 1. The lowest BCUT2D eigenvalue weighted by molar-refractivity contribution is 0.102. The van der Waals surface area contributed by atoms with Gasteiger partial charge in [0.1, 0.15) is 4.83 Å². The predicted molar refractivity (Wildman–Crippen MR) is 112 cm³/mol. The number of aryl methyl sites for hydroxylation is 2. The normalized spacial score (nSPS) is 10.7. The Kier molecular flexibility index (Phi) is 5.38. The van der Waals surface area contributed by atoms with E-state index in [9.17, 15) is 4.79 Å². The fourth-order valence-corrected chi connectivity index (χ4v) is 4.10. The number of nitrogens with zero attached hydrogens (tertiary/aromatic N) is 3. The summed E-state index contributed by atoms with van der Waals surface area (Å²) in [4.78, 5) is 18.0. The number of benzene rings is 1. The van der Waals surface area contributed by atoms with Gasteiger partial charge in [-0.05, 0) is 43.3 Å². The highest BCUT2D eigenvalue weighted by Gasteiger charge is 2.18. The van der Waals surface area contributed by atoms with Crippen LogP contribution in [-0.4, -0.2) is 20.7 Å². The molecular formula is C19H19BrN4OS. The molecule has 0 saturated carbocycles. The lowest BCUT2D eigenvalue weighted by Crippen LogP contribution is -2.12. The lowest BCUT2D eigenvalue weighted by Gasteiger charge is -2.02. The van der Waals surface area contributed by atoms with Crippen LogP contribution in [0.25, 0.3) is 20.4 Å². The van der Waals surface area contributed by atoms with Crippen LogP contribution in [0.3, 0.4) is 0 Å². The number of carbonyl (C=O) groups excluding carboxylic acids is 1. The van der Waals surface area contributed by atoms with Crippen molar-refractivity contribution < 1.29 is 4.79 Å². The molecule has 3 heterocycles. The van der Waals surface area contributed by atoms with Gasteiger partial charge in [0, 0.05) is 28.2 Å². The van der Waals surface area contributed by atoms with E-state index < -0.39 is 0 Å². The molecule has 3 aromatic heterocycles. The smallest absolute Gasteiger partial charge is 0.256 e. The van der Waals surface area contributed by atoms with Crippen molar-refractivity contribution in [1.29, 1.82) is 0 Å². The van der Waals surface area contributed by atoms with Gasteiger partial charge in [-0.1, -0.05) is 29.8 Å². The first-order valence-electron chi connectivity index (χ1n) is 8.33. The Bertz CT molecular complexity index is 1080. The molecule has 0 atom stereocenters. The second-order valence-corrected chi connectivity index (χ2v) is 7.43. The minimum Gasteiger partial charge on any atom is -0.304 e. The number of thiophene rings is 1. The van der Waals surface area contributed by atoms with Crippen molar-refractivity contribution in [1.82, 2.24) is 14.8 Å². The molecule has 0 aliphatic carbocycles. The third kappa shape index (κ3) is 3.37. The van der Waals surface area contributed by atoms with E-state index in [4.69, 9.17) is 0 Å². The Balaban J connectivity index is 0.000000948. The molecule has 0 spiro atoms. The number of hydrogen-bond acceptors (Lipinski definition) is 4. The Morgan fingerprint density at radius 2 is 1.85 bits per heavy atom. The van der Waals surface area contributed by atoms with Gasteiger partial charge in [-0.3, -0.25) is 9.48 Å². The summed E-state index contributed by atoms with van der Waals surface area (Å²) in [6, 6.07) is 11.3. The van der Waals surface area contributed by atoms with Crippen molar-refractivity contribution in [2.75, 3.05) is 5.32 Å². The molecule has 0 aliphatic rings. The largest absolute Gasteiger partial charge is 0.304 e. The molecule has 0 radical (unpaired) electrons. The van der Waals surface area contributed by atoms with E-state index in [1.54, 1.807) is 28.2 Å². The van der Waals surface area contributed by atoms with Gasteiger partial charge >= 0.3 is 0 Å². The number of rotatable bonds is 2. The number of halogens is 1. The maximum atomic E-state index is 12.5. The second-order valence-electron chi connectivity index (χ2n) is 5.52. The molecule has 1 amide bonds. The van der Waals surface area contributed by atoms with E-state index in [1.165, 1.54) is 0 Å². The third-order valence-corrected chi connectivity index (χ3v) is 5.42. The van der Waals surface area contributed by atoms with Crippen molar-refractivity contribution in [2.24, 2.45) is 7.05 Å². The van der Waals surface area contributed by atoms with Gasteiger partial charge in [0.2, 0.25) is 0 Å². The summed E-state index contributed by atoms with van der Waals surface area (Å²) in [6.45, 7) is 5.97. The highest BCUT2D eigenvalue weighted by molar-refractivity contribution is 9.10. The maximum Gasteiger partial charge on any atom is 0.256 e. The average Bonchev–Trinajstić information content (AvgIpc) is 3.15. The minimum atomic E-state index is -0.177. The zero-order valence-electron chi connectivity index (χ0n) is 15.0. The van der Waals surface area contributed by atoms with Crippen LogP contribution in [0.5, 0.6) is 0 Å². The van der Waals surface area contributed by atoms with Gasteiger partial charge in [-0.2, -0.15) is 5.10 Å². The molecule has 134 valence electrons. The molecule has 7 heteroatoms. The highest BCUT2D eigenvalue weighted by Crippen LogP contribution is 2.37. The van der Waals surface area contributed by atoms with Crippen LogP contribution in [0.4, 0.5) is 5.82 Å². The van der Waals surface area contributed by atoms with Crippen molar-refractivity contribution >= 4 is 59.4 Å². The van der Waals surface area contributed by atoms with Crippen molar-refractivity contribution in [3.8, 4) is 0 Å². The van der Waals surface area contributed by atoms with Crippen LogP contribution in [0.1, 0.15) is 29.9 Å². The number of hydrogen-bond donors (Lipinski definition) is 1. The topological polar surface area (TPSA) is 59.8 Å². The summed E-state index contributed by atoms with van der Waals surface area (Å²) in [6.07, 6.45) is 0. The molecule has 4 aromatic rings. The summed E-state index contributed by atoms with van der Waals surface area (Å²) in [7, 11) is 1.88. The van der Waals surface area contributed by atoms with E-state index in [2.05, 4.69) is 37.4 Å². The number of fused-ring (bicyclic) bond motifs is 3. The van der Waals surface area contributed by atoms with E-state index >= 15 is 0 Å². The first-order chi connectivity index (χ1) is 12.5. The van der Waals surface area contributed by atoms with E-state index in [0.717, 1.165) is 30.6 Å². The minimum absolute atomic E-state index is 0.177. The van der Waals surface area contributed by atoms with Crippen LogP contribution < -0.4 is 5.32 Å². The summed E-state index contributed by atoms with van der Waals surface area (Å²) in [5.41, 5.74) is 2.56. The fraction of sp³-hybridized carbons (Fsp3) is 0.211. The molecule has 0 saturated heterocycles. The highest BCUT2D eigenvalue weighted by atomic mass is 79.9. The summed E-state index contributed by atoms with van der Waals surface area (Å²) in [5.74, 6) is 0.394. The van der Waals surface area contributed by atoms with Gasteiger partial charge in [-0.15, -0.1) is 11.3 Å². The molecule has 4 rings (SSSR count). The molecule has 0 unspecified atom stereocenters. The lowest BCUT2D eigenvalue weighted by atomic mass is 10.2. The first-order valence-corrected chi connectivity index (χ1v) is 9.93. The van der Waals surface area contributed by atoms with Crippen LogP contribution in [0.15, 0.2) is 40.9 Å². The number of aromatic nitrogens is 3.